The Balaban J connectivity index is 2.42. The van der Waals surface area contributed by atoms with Crippen molar-refractivity contribution in [3.63, 3.8) is 0 Å². The maximum atomic E-state index is 7.54. The van der Waals surface area contributed by atoms with E-state index in [4.69, 9.17) is 11.1 Å². The van der Waals surface area contributed by atoms with E-state index in [0.717, 1.165) is 21.2 Å². The van der Waals surface area contributed by atoms with Crippen LogP contribution in [-0.2, 0) is 0 Å². The van der Waals surface area contributed by atoms with E-state index in [2.05, 4.69) is 9.97 Å². The molecule has 4 N–H and O–H groups in total. The van der Waals surface area contributed by atoms with Crippen molar-refractivity contribution in [1.82, 2.24) is 9.97 Å². The van der Waals surface area contributed by atoms with Gasteiger partial charge in [0.2, 0.25) is 0 Å². The summed E-state index contributed by atoms with van der Waals surface area (Å²) in [5, 5.41) is 8.34. The Kier molecular flexibility index (Phi) is 2.96. The fourth-order valence-electron chi connectivity index (χ4n) is 1.40. The third-order valence-corrected chi connectivity index (χ3v) is 3.34. The molecule has 4 nitrogen and oxygen atoms in total. The first-order valence-electron chi connectivity index (χ1n) is 4.79. The molecule has 1 aromatic heterocycles. The van der Waals surface area contributed by atoms with Crippen LogP contribution in [-0.4, -0.2) is 15.8 Å². The number of amidine groups is 1. The van der Waals surface area contributed by atoms with Gasteiger partial charge in [0.25, 0.3) is 0 Å². The number of aromatic amines is 1. The molecular formula is C11H12N4S. The van der Waals surface area contributed by atoms with Crippen LogP contribution in [0.25, 0.3) is 0 Å². The summed E-state index contributed by atoms with van der Waals surface area (Å²) in [5.41, 5.74) is 7.39. The average Bonchev–Trinajstić information content (AvgIpc) is 2.73. The Morgan fingerprint density at radius 1 is 1.50 bits per heavy atom. The lowest BCUT2D eigenvalue weighted by Gasteiger charge is -2.09. The van der Waals surface area contributed by atoms with E-state index in [1.807, 2.05) is 25.1 Å². The van der Waals surface area contributed by atoms with Gasteiger partial charge in [0, 0.05) is 22.9 Å². The molecule has 0 spiro atoms. The van der Waals surface area contributed by atoms with E-state index in [-0.39, 0.29) is 5.84 Å². The smallest absolute Gasteiger partial charge is 0.170 e. The zero-order chi connectivity index (χ0) is 11.5. The molecule has 0 saturated heterocycles. The quantitative estimate of drug-likeness (QED) is 0.560. The number of aromatic nitrogens is 2. The summed E-state index contributed by atoms with van der Waals surface area (Å²) in [5.74, 6) is 0.0813. The summed E-state index contributed by atoms with van der Waals surface area (Å²) in [4.78, 5) is 8.15. The highest BCUT2D eigenvalue weighted by atomic mass is 32.2. The number of nitrogens with one attached hydrogen (secondary N) is 2. The normalized spacial score (nSPS) is 10.3. The Morgan fingerprint density at radius 2 is 2.31 bits per heavy atom. The van der Waals surface area contributed by atoms with Crippen molar-refractivity contribution in [1.29, 1.82) is 5.41 Å². The van der Waals surface area contributed by atoms with Gasteiger partial charge in [0.05, 0.1) is 0 Å². The number of benzene rings is 1. The lowest BCUT2D eigenvalue weighted by atomic mass is 10.1. The molecule has 5 heteroatoms. The zero-order valence-electron chi connectivity index (χ0n) is 8.82. The molecule has 0 aliphatic rings. The van der Waals surface area contributed by atoms with Gasteiger partial charge in [-0.05, 0) is 12.5 Å². The van der Waals surface area contributed by atoms with E-state index in [1.54, 1.807) is 12.4 Å². The van der Waals surface area contributed by atoms with E-state index >= 15 is 0 Å². The van der Waals surface area contributed by atoms with Gasteiger partial charge in [-0.1, -0.05) is 30.0 Å². The molecule has 1 aromatic carbocycles. The summed E-state index contributed by atoms with van der Waals surface area (Å²) in [6.07, 6.45) is 3.47. The van der Waals surface area contributed by atoms with Crippen LogP contribution in [0.4, 0.5) is 0 Å². The fourth-order valence-corrected chi connectivity index (χ4v) is 2.35. The molecule has 2 aromatic rings. The number of rotatable bonds is 3. The number of hydrogen-bond donors (Lipinski definition) is 3. The number of hydrogen-bond acceptors (Lipinski definition) is 3. The molecule has 0 aliphatic heterocycles. The highest BCUT2D eigenvalue weighted by Gasteiger charge is 2.10. The predicted octanol–water partition coefficient (Wildman–Crippen LogP) is 2.15. The maximum Gasteiger partial charge on any atom is 0.170 e. The van der Waals surface area contributed by atoms with Gasteiger partial charge in [-0.15, -0.1) is 0 Å². The monoisotopic (exact) mass is 232 g/mol. The number of nitrogens with two attached hydrogens (primary N) is 1. The van der Waals surface area contributed by atoms with Crippen molar-refractivity contribution in [2.24, 2.45) is 5.73 Å². The van der Waals surface area contributed by atoms with Crippen LogP contribution in [0.3, 0.4) is 0 Å². The van der Waals surface area contributed by atoms with Crippen LogP contribution in [0.1, 0.15) is 11.1 Å². The van der Waals surface area contributed by atoms with E-state index in [1.165, 1.54) is 11.8 Å². The third kappa shape index (κ3) is 2.09. The number of H-pyrrole nitrogens is 1. The van der Waals surface area contributed by atoms with Gasteiger partial charge in [0.15, 0.2) is 5.16 Å². The highest BCUT2D eigenvalue weighted by Crippen LogP contribution is 2.30. The van der Waals surface area contributed by atoms with Gasteiger partial charge in [0.1, 0.15) is 5.84 Å². The van der Waals surface area contributed by atoms with Crippen molar-refractivity contribution in [3.8, 4) is 0 Å². The molecule has 0 saturated carbocycles. The first-order valence-corrected chi connectivity index (χ1v) is 5.61. The Bertz CT molecular complexity index is 505. The van der Waals surface area contributed by atoms with Crippen molar-refractivity contribution < 1.29 is 0 Å². The van der Waals surface area contributed by atoms with Crippen molar-refractivity contribution in [2.45, 2.75) is 17.0 Å². The molecule has 0 bridgehead atoms. The number of nitrogens with zero attached hydrogens (tertiary/aromatic N) is 1. The Labute approximate surface area is 97.8 Å². The Morgan fingerprint density at radius 3 is 2.94 bits per heavy atom. The second-order valence-electron chi connectivity index (χ2n) is 3.36. The molecule has 0 radical (unpaired) electrons. The Hall–Kier alpha value is -1.75. The van der Waals surface area contributed by atoms with Gasteiger partial charge in [-0.25, -0.2) is 4.98 Å². The number of nitrogen functional groups attached to an aromatic ring is 1. The van der Waals surface area contributed by atoms with Gasteiger partial charge >= 0.3 is 0 Å². The molecule has 16 heavy (non-hydrogen) atoms. The molecule has 2 rings (SSSR count). The maximum absolute atomic E-state index is 7.54. The minimum absolute atomic E-state index is 0.0813. The lowest BCUT2D eigenvalue weighted by molar-refractivity contribution is 1.05. The van der Waals surface area contributed by atoms with E-state index in [0.29, 0.717) is 0 Å². The van der Waals surface area contributed by atoms with Crippen LogP contribution >= 0.6 is 11.8 Å². The van der Waals surface area contributed by atoms with Crippen LogP contribution in [0.2, 0.25) is 0 Å². The molecule has 0 amide bonds. The van der Waals surface area contributed by atoms with Crippen LogP contribution < -0.4 is 5.73 Å². The minimum atomic E-state index is 0.0813. The van der Waals surface area contributed by atoms with Gasteiger partial charge < -0.3 is 10.7 Å². The lowest BCUT2D eigenvalue weighted by Crippen LogP contribution is -2.12. The van der Waals surface area contributed by atoms with Crippen molar-refractivity contribution >= 4 is 17.6 Å². The summed E-state index contributed by atoms with van der Waals surface area (Å²) >= 11 is 1.49. The van der Waals surface area contributed by atoms with Gasteiger partial charge in [-0.3, -0.25) is 5.41 Å². The molecule has 82 valence electrons. The molecule has 0 atom stereocenters. The highest BCUT2D eigenvalue weighted by molar-refractivity contribution is 7.99. The summed E-state index contributed by atoms with van der Waals surface area (Å²) in [6.45, 7) is 2.00. The fraction of sp³-hybridized carbons (Fsp3) is 0.0909. The van der Waals surface area contributed by atoms with Crippen LogP contribution in [0.5, 0.6) is 0 Å². The minimum Gasteiger partial charge on any atom is -0.384 e. The summed E-state index contributed by atoms with van der Waals surface area (Å²) < 4.78 is 0. The van der Waals surface area contributed by atoms with Crippen molar-refractivity contribution in [2.75, 3.05) is 0 Å². The average molecular weight is 232 g/mol. The van der Waals surface area contributed by atoms with E-state index in [9.17, 15) is 0 Å². The molecule has 0 fully saturated rings. The first kappa shape index (κ1) is 10.8. The van der Waals surface area contributed by atoms with E-state index < -0.39 is 0 Å². The van der Waals surface area contributed by atoms with Crippen LogP contribution in [0.15, 0.2) is 40.6 Å². The van der Waals surface area contributed by atoms with Crippen molar-refractivity contribution in [3.05, 3.63) is 41.7 Å². The molecule has 0 unspecified atom stereocenters. The SMILES string of the molecule is Cc1cccc(C(=N)N)c1Sc1ncc[nH]1. The number of imidazole rings is 1. The second kappa shape index (κ2) is 4.40. The largest absolute Gasteiger partial charge is 0.384 e. The molecule has 0 aliphatic carbocycles. The predicted molar refractivity (Wildman–Crippen MR) is 64.9 cm³/mol. The van der Waals surface area contributed by atoms with Gasteiger partial charge in [-0.2, -0.15) is 0 Å². The van der Waals surface area contributed by atoms with Crippen LogP contribution in [0, 0.1) is 12.3 Å². The summed E-state index contributed by atoms with van der Waals surface area (Å²) in [6, 6.07) is 5.75. The first-order chi connectivity index (χ1) is 7.68. The number of aryl methyl sites for hydroxylation is 1. The molecule has 1 heterocycles. The topological polar surface area (TPSA) is 78.6 Å². The standard InChI is InChI=1S/C11H12N4S/c1-7-3-2-4-8(10(12)13)9(7)16-11-14-5-6-15-11/h2-6H,1H3,(H3,12,13)(H,14,15). The summed E-state index contributed by atoms with van der Waals surface area (Å²) in [7, 11) is 0. The molecular weight excluding hydrogens is 220 g/mol. The second-order valence-corrected chi connectivity index (χ2v) is 4.36. The zero-order valence-corrected chi connectivity index (χ0v) is 9.64. The third-order valence-electron chi connectivity index (χ3n) is 2.17.